The van der Waals surface area contributed by atoms with Crippen LogP contribution in [0.5, 0.6) is 5.88 Å². The molecule has 0 bridgehead atoms. The number of carboxylic acids is 1. The zero-order chi connectivity index (χ0) is 27.6. The van der Waals surface area contributed by atoms with E-state index in [0.717, 1.165) is 41.1 Å². The monoisotopic (exact) mass is 532 g/mol. The number of benzene rings is 3. The summed E-state index contributed by atoms with van der Waals surface area (Å²) in [6.07, 6.45) is 5.71. The summed E-state index contributed by atoms with van der Waals surface area (Å²) in [5, 5.41) is 29.2. The predicted molar refractivity (Wildman–Crippen MR) is 155 cm³/mol. The second-order valence-electron chi connectivity index (χ2n) is 10.7. The third-order valence-electron chi connectivity index (χ3n) is 8.15. The van der Waals surface area contributed by atoms with Gasteiger partial charge in [0.15, 0.2) is 0 Å². The summed E-state index contributed by atoms with van der Waals surface area (Å²) in [7, 11) is 0. The number of nitrogens with zero attached hydrogens (tertiary/aromatic N) is 4. The molecule has 6 rings (SSSR count). The highest BCUT2D eigenvalue weighted by Crippen LogP contribution is 2.38. The van der Waals surface area contributed by atoms with Crippen molar-refractivity contribution >= 4 is 17.0 Å². The first kappa shape index (κ1) is 25.7. The number of aromatic carboxylic acids is 1. The van der Waals surface area contributed by atoms with Crippen LogP contribution in [0.3, 0.4) is 0 Å². The van der Waals surface area contributed by atoms with Crippen LogP contribution in [0.4, 0.5) is 0 Å². The minimum Gasteiger partial charge on any atom is -0.491 e. The maximum Gasteiger partial charge on any atom is 0.336 e. The Hall–Kier alpha value is -4.52. The van der Waals surface area contributed by atoms with E-state index in [0.29, 0.717) is 29.1 Å². The van der Waals surface area contributed by atoms with Crippen LogP contribution in [0.1, 0.15) is 83.9 Å². The Labute approximate surface area is 233 Å². The van der Waals surface area contributed by atoms with Gasteiger partial charge in [0, 0.05) is 18.4 Å². The molecule has 0 aliphatic heterocycles. The Morgan fingerprint density at radius 1 is 0.925 bits per heavy atom. The molecule has 3 aromatic carbocycles. The molecule has 1 fully saturated rings. The van der Waals surface area contributed by atoms with Gasteiger partial charge in [0.2, 0.25) is 0 Å². The predicted octanol–water partition coefficient (Wildman–Crippen LogP) is 7.14. The van der Waals surface area contributed by atoms with E-state index in [-0.39, 0.29) is 17.4 Å². The first-order chi connectivity index (χ1) is 19.5. The minimum atomic E-state index is -0.946. The van der Waals surface area contributed by atoms with E-state index >= 15 is 0 Å². The lowest BCUT2D eigenvalue weighted by molar-refractivity contribution is 0.0697. The molecule has 1 unspecified atom stereocenters. The van der Waals surface area contributed by atoms with Crippen molar-refractivity contribution in [1.82, 2.24) is 19.7 Å². The summed E-state index contributed by atoms with van der Waals surface area (Å²) in [5.74, 6) is 0.191. The van der Waals surface area contributed by atoms with Gasteiger partial charge in [-0.25, -0.2) is 9.78 Å². The molecule has 1 atom stereocenters. The molecule has 202 valence electrons. The normalized spacial score (nSPS) is 14.8. The van der Waals surface area contributed by atoms with Gasteiger partial charge < -0.3 is 14.8 Å². The number of aromatic hydroxyl groups is 1. The van der Waals surface area contributed by atoms with Crippen molar-refractivity contribution in [2.75, 3.05) is 0 Å². The molecule has 5 aromatic rings. The average molecular weight is 533 g/mol. The highest BCUT2D eigenvalue weighted by atomic mass is 16.4. The maximum atomic E-state index is 11.7. The number of fused-ring (bicyclic) bond motifs is 1. The molecule has 40 heavy (non-hydrogen) atoms. The zero-order valence-electron chi connectivity index (χ0n) is 22.5. The quantitative estimate of drug-likeness (QED) is 0.231. The molecule has 0 radical (unpaired) electrons. The number of carboxylic acid groups (broad SMARTS) is 1. The van der Waals surface area contributed by atoms with E-state index in [2.05, 4.69) is 33.8 Å². The Bertz CT molecular complexity index is 1660. The Morgan fingerprint density at radius 3 is 2.35 bits per heavy atom. The fourth-order valence-electron chi connectivity index (χ4n) is 5.99. The van der Waals surface area contributed by atoms with E-state index in [9.17, 15) is 15.0 Å². The molecule has 2 N–H and O–H groups in total. The molecule has 0 spiro atoms. The van der Waals surface area contributed by atoms with Crippen LogP contribution >= 0.6 is 0 Å². The number of aromatic nitrogens is 4. The molecule has 0 amide bonds. The lowest BCUT2D eigenvalue weighted by Gasteiger charge is -2.22. The van der Waals surface area contributed by atoms with E-state index in [1.807, 2.05) is 54.6 Å². The van der Waals surface area contributed by atoms with Gasteiger partial charge in [0.05, 0.1) is 11.3 Å². The summed E-state index contributed by atoms with van der Waals surface area (Å²) in [6.45, 7) is 2.62. The smallest absolute Gasteiger partial charge is 0.336 e. The largest absolute Gasteiger partial charge is 0.491 e. The molecular formula is C33H32N4O3. The highest BCUT2D eigenvalue weighted by Gasteiger charge is 2.28. The molecule has 1 saturated carbocycles. The third-order valence-corrected chi connectivity index (χ3v) is 8.15. The third kappa shape index (κ3) is 4.83. The molecule has 1 aliphatic carbocycles. The van der Waals surface area contributed by atoms with Gasteiger partial charge in [-0.1, -0.05) is 99.0 Å². The zero-order valence-corrected chi connectivity index (χ0v) is 22.5. The standard InChI is InChI=1S/C33H32N4O3/c1-21(23-10-4-2-5-11-23)28-29-30(32(38)36-35-28)37(31(34-29)25-12-6-3-7-13-25)20-22-16-18-24(19-17-22)26-14-8-9-15-27(26)33(39)40/h2,4-5,8-11,14-19,21,25H,3,6-7,12-13,20H2,1H3,(H,36,38)(H,39,40). The van der Waals surface area contributed by atoms with Crippen molar-refractivity contribution in [1.29, 1.82) is 0 Å². The first-order valence-electron chi connectivity index (χ1n) is 13.9. The van der Waals surface area contributed by atoms with Crippen molar-refractivity contribution < 1.29 is 15.0 Å². The number of rotatable bonds is 7. The second-order valence-corrected chi connectivity index (χ2v) is 10.7. The minimum absolute atomic E-state index is 0.0343. The van der Waals surface area contributed by atoms with E-state index in [1.165, 1.54) is 19.3 Å². The van der Waals surface area contributed by atoms with Crippen LogP contribution in [0.25, 0.3) is 22.2 Å². The van der Waals surface area contributed by atoms with E-state index in [1.54, 1.807) is 12.1 Å². The summed E-state index contributed by atoms with van der Waals surface area (Å²) < 4.78 is 2.12. The van der Waals surface area contributed by atoms with E-state index < -0.39 is 5.97 Å². The summed E-state index contributed by atoms with van der Waals surface area (Å²) in [4.78, 5) is 16.9. The van der Waals surface area contributed by atoms with Crippen molar-refractivity contribution in [3.63, 3.8) is 0 Å². The summed E-state index contributed by atoms with van der Waals surface area (Å²) in [6, 6.07) is 25.2. The molecule has 7 nitrogen and oxygen atoms in total. The molecule has 0 saturated heterocycles. The number of hydrogen-bond acceptors (Lipinski definition) is 5. The van der Waals surface area contributed by atoms with Crippen LogP contribution < -0.4 is 0 Å². The fourth-order valence-corrected chi connectivity index (χ4v) is 5.99. The van der Waals surface area contributed by atoms with Crippen LogP contribution in [0.15, 0.2) is 78.9 Å². The van der Waals surface area contributed by atoms with Gasteiger partial charge in [-0.15, -0.1) is 10.2 Å². The van der Waals surface area contributed by atoms with Crippen LogP contribution in [-0.2, 0) is 6.54 Å². The van der Waals surface area contributed by atoms with Crippen LogP contribution in [0, 0.1) is 0 Å². The molecule has 1 aliphatic rings. The summed E-state index contributed by atoms with van der Waals surface area (Å²) >= 11 is 0. The van der Waals surface area contributed by atoms with Crippen molar-refractivity contribution in [3.05, 3.63) is 107 Å². The summed E-state index contributed by atoms with van der Waals surface area (Å²) in [5.41, 5.74) is 6.04. The lowest BCUT2D eigenvalue weighted by Crippen LogP contribution is -2.13. The molecular weight excluding hydrogens is 500 g/mol. The van der Waals surface area contributed by atoms with Crippen LogP contribution in [0.2, 0.25) is 0 Å². The molecule has 2 aromatic heterocycles. The van der Waals surface area contributed by atoms with Crippen molar-refractivity contribution in [3.8, 4) is 17.0 Å². The maximum absolute atomic E-state index is 11.7. The Morgan fingerprint density at radius 2 is 1.62 bits per heavy atom. The molecule has 7 heteroatoms. The highest BCUT2D eigenvalue weighted by molar-refractivity contribution is 5.96. The first-order valence-corrected chi connectivity index (χ1v) is 13.9. The number of hydrogen-bond donors (Lipinski definition) is 2. The topological polar surface area (TPSA) is 101 Å². The van der Waals surface area contributed by atoms with E-state index in [4.69, 9.17) is 4.98 Å². The second kappa shape index (κ2) is 10.9. The van der Waals surface area contributed by atoms with Gasteiger partial charge >= 0.3 is 5.97 Å². The lowest BCUT2D eigenvalue weighted by atomic mass is 9.88. The molecule has 2 heterocycles. The SMILES string of the molecule is CC(c1ccccc1)c1nnc(O)c2c1nc(C1CCCCC1)n2Cc1ccc(-c2ccccc2C(=O)O)cc1. The van der Waals surface area contributed by atoms with Gasteiger partial charge in [0.25, 0.3) is 5.88 Å². The Balaban J connectivity index is 1.43. The Kier molecular flexibility index (Phi) is 7.03. The fraction of sp³-hybridized carbons (Fsp3) is 0.273. The van der Waals surface area contributed by atoms with Crippen molar-refractivity contribution in [2.45, 2.75) is 57.4 Å². The van der Waals surface area contributed by atoms with Crippen LogP contribution in [-0.4, -0.2) is 35.9 Å². The van der Waals surface area contributed by atoms with Gasteiger partial charge in [-0.05, 0) is 41.2 Å². The van der Waals surface area contributed by atoms with Gasteiger partial charge in [-0.3, -0.25) is 0 Å². The average Bonchev–Trinajstić information content (AvgIpc) is 3.38. The van der Waals surface area contributed by atoms with Crippen molar-refractivity contribution in [2.24, 2.45) is 0 Å². The number of carbonyl (C=O) groups is 1. The van der Waals surface area contributed by atoms with Gasteiger partial charge in [-0.2, -0.15) is 0 Å². The van der Waals surface area contributed by atoms with Gasteiger partial charge in [0.1, 0.15) is 16.9 Å². The number of imidazole rings is 1.